The van der Waals surface area contributed by atoms with E-state index in [-0.39, 0.29) is 0 Å². The lowest BCUT2D eigenvalue weighted by Crippen LogP contribution is -1.87. The van der Waals surface area contributed by atoms with Crippen LogP contribution in [-0.4, -0.2) is 0 Å². The second-order valence-corrected chi connectivity index (χ2v) is 3.26. The van der Waals surface area contributed by atoms with Crippen LogP contribution in [0.4, 0.5) is 0 Å². The standard InChI is InChI=1S/C10H10ClN/c1-7-5-9(3-4-12)6-8(2)10(7)11/h5-6H,3H2,1-2H3. The molecule has 0 amide bonds. The highest BCUT2D eigenvalue weighted by Gasteiger charge is 2.01. The molecule has 62 valence electrons. The van der Waals surface area contributed by atoms with Crippen molar-refractivity contribution in [2.24, 2.45) is 0 Å². The molecule has 12 heavy (non-hydrogen) atoms. The molecule has 1 rings (SSSR count). The smallest absolute Gasteiger partial charge is 0.0669 e. The number of nitrogens with zero attached hydrogens (tertiary/aromatic N) is 1. The average molecular weight is 180 g/mol. The number of nitriles is 1. The topological polar surface area (TPSA) is 23.8 Å². The van der Waals surface area contributed by atoms with E-state index in [0.29, 0.717) is 6.42 Å². The normalized spacial score (nSPS) is 9.50. The van der Waals surface area contributed by atoms with Gasteiger partial charge in [-0.2, -0.15) is 5.26 Å². The van der Waals surface area contributed by atoms with Gasteiger partial charge in [0.2, 0.25) is 0 Å². The maximum atomic E-state index is 8.49. The van der Waals surface area contributed by atoms with Gasteiger partial charge in [0, 0.05) is 5.02 Å². The number of aryl methyl sites for hydroxylation is 2. The van der Waals surface area contributed by atoms with E-state index in [0.717, 1.165) is 21.7 Å². The number of benzene rings is 1. The zero-order valence-corrected chi connectivity index (χ0v) is 7.94. The Morgan fingerprint density at radius 3 is 2.25 bits per heavy atom. The van der Waals surface area contributed by atoms with E-state index in [1.165, 1.54) is 0 Å². The summed E-state index contributed by atoms with van der Waals surface area (Å²) in [7, 11) is 0. The summed E-state index contributed by atoms with van der Waals surface area (Å²) in [6, 6.07) is 6.03. The number of hydrogen-bond acceptors (Lipinski definition) is 1. The van der Waals surface area contributed by atoms with Crippen molar-refractivity contribution in [1.82, 2.24) is 0 Å². The molecule has 0 saturated carbocycles. The van der Waals surface area contributed by atoms with Crippen molar-refractivity contribution in [2.75, 3.05) is 0 Å². The van der Waals surface area contributed by atoms with Crippen LogP contribution in [0.15, 0.2) is 12.1 Å². The van der Waals surface area contributed by atoms with E-state index in [9.17, 15) is 0 Å². The Kier molecular flexibility index (Phi) is 2.73. The molecule has 0 aliphatic carbocycles. The molecule has 1 aromatic rings. The van der Waals surface area contributed by atoms with Gasteiger partial charge in [0.05, 0.1) is 12.5 Å². The summed E-state index contributed by atoms with van der Waals surface area (Å²) in [5, 5.41) is 9.29. The van der Waals surface area contributed by atoms with Crippen LogP contribution < -0.4 is 0 Å². The van der Waals surface area contributed by atoms with Gasteiger partial charge in [0.25, 0.3) is 0 Å². The second kappa shape index (κ2) is 3.60. The van der Waals surface area contributed by atoms with Gasteiger partial charge in [-0.1, -0.05) is 23.7 Å². The Morgan fingerprint density at radius 2 is 1.83 bits per heavy atom. The molecule has 0 aliphatic rings. The summed E-state index contributed by atoms with van der Waals surface area (Å²) in [6.07, 6.45) is 0.457. The predicted octanol–water partition coefficient (Wildman–Crippen LogP) is 3.02. The second-order valence-electron chi connectivity index (χ2n) is 2.88. The van der Waals surface area contributed by atoms with Crippen LogP contribution in [0.2, 0.25) is 5.02 Å². The van der Waals surface area contributed by atoms with Crippen LogP contribution in [0.1, 0.15) is 16.7 Å². The first kappa shape index (κ1) is 9.09. The van der Waals surface area contributed by atoms with Crippen LogP contribution in [0, 0.1) is 25.2 Å². The van der Waals surface area contributed by atoms with E-state index in [1.54, 1.807) is 0 Å². The fourth-order valence-corrected chi connectivity index (χ4v) is 1.34. The molecule has 0 atom stereocenters. The summed E-state index contributed by atoms with van der Waals surface area (Å²) in [5.41, 5.74) is 3.13. The summed E-state index contributed by atoms with van der Waals surface area (Å²) in [4.78, 5) is 0. The fourth-order valence-electron chi connectivity index (χ4n) is 1.23. The lowest BCUT2D eigenvalue weighted by molar-refractivity contribution is 1.22. The average Bonchev–Trinajstić information content (AvgIpc) is 2.01. The number of hydrogen-bond donors (Lipinski definition) is 0. The Morgan fingerprint density at radius 1 is 1.33 bits per heavy atom. The Hall–Kier alpha value is -1.000. The highest BCUT2D eigenvalue weighted by Crippen LogP contribution is 2.21. The minimum absolute atomic E-state index is 0.457. The SMILES string of the molecule is Cc1cc(CC#N)cc(C)c1Cl. The quantitative estimate of drug-likeness (QED) is 0.650. The molecule has 0 saturated heterocycles. The summed E-state index contributed by atoms with van der Waals surface area (Å²) >= 11 is 5.97. The molecule has 0 bridgehead atoms. The van der Waals surface area contributed by atoms with Crippen LogP contribution >= 0.6 is 11.6 Å². The van der Waals surface area contributed by atoms with Gasteiger partial charge >= 0.3 is 0 Å². The van der Waals surface area contributed by atoms with Crippen LogP contribution in [0.3, 0.4) is 0 Å². The third-order valence-corrected chi connectivity index (χ3v) is 2.38. The van der Waals surface area contributed by atoms with Crippen molar-refractivity contribution < 1.29 is 0 Å². The minimum Gasteiger partial charge on any atom is -0.198 e. The van der Waals surface area contributed by atoms with E-state index >= 15 is 0 Å². The highest BCUT2D eigenvalue weighted by atomic mass is 35.5. The summed E-state index contributed by atoms with van der Waals surface area (Å²) < 4.78 is 0. The highest BCUT2D eigenvalue weighted by molar-refractivity contribution is 6.32. The third-order valence-electron chi connectivity index (χ3n) is 1.78. The molecule has 0 spiro atoms. The molecule has 0 aromatic heterocycles. The fraction of sp³-hybridized carbons (Fsp3) is 0.300. The molecule has 0 heterocycles. The Bertz CT molecular complexity index is 313. The van der Waals surface area contributed by atoms with E-state index in [2.05, 4.69) is 6.07 Å². The van der Waals surface area contributed by atoms with Gasteiger partial charge in [0.1, 0.15) is 0 Å². The first-order chi connectivity index (χ1) is 5.65. The van der Waals surface area contributed by atoms with Crippen molar-refractivity contribution in [3.05, 3.63) is 33.8 Å². The first-order valence-electron chi connectivity index (χ1n) is 3.77. The number of halogens is 1. The molecule has 0 radical (unpaired) electrons. The maximum Gasteiger partial charge on any atom is 0.0669 e. The van der Waals surface area contributed by atoms with Crippen LogP contribution in [0.5, 0.6) is 0 Å². The molecule has 2 heteroatoms. The van der Waals surface area contributed by atoms with Gasteiger partial charge in [-0.3, -0.25) is 0 Å². The minimum atomic E-state index is 0.457. The van der Waals surface area contributed by atoms with Crippen molar-refractivity contribution in [2.45, 2.75) is 20.3 Å². The molecule has 0 N–H and O–H groups in total. The van der Waals surface area contributed by atoms with Gasteiger partial charge in [-0.05, 0) is 30.5 Å². The van der Waals surface area contributed by atoms with Crippen molar-refractivity contribution in [1.29, 1.82) is 5.26 Å². The lowest BCUT2D eigenvalue weighted by atomic mass is 10.1. The van der Waals surface area contributed by atoms with E-state index in [1.807, 2.05) is 26.0 Å². The van der Waals surface area contributed by atoms with Gasteiger partial charge in [-0.25, -0.2) is 0 Å². The molecule has 1 aromatic carbocycles. The molecular formula is C10H10ClN. The van der Waals surface area contributed by atoms with E-state index in [4.69, 9.17) is 16.9 Å². The molecule has 0 aliphatic heterocycles. The molecule has 0 unspecified atom stereocenters. The van der Waals surface area contributed by atoms with Crippen molar-refractivity contribution in [3.63, 3.8) is 0 Å². The molecule has 1 nitrogen and oxygen atoms in total. The largest absolute Gasteiger partial charge is 0.198 e. The summed E-state index contributed by atoms with van der Waals surface area (Å²) in [6.45, 7) is 3.91. The Balaban J connectivity index is 3.14. The van der Waals surface area contributed by atoms with Gasteiger partial charge < -0.3 is 0 Å². The lowest BCUT2D eigenvalue weighted by Gasteiger charge is -2.04. The van der Waals surface area contributed by atoms with Gasteiger partial charge in [0.15, 0.2) is 0 Å². The third kappa shape index (κ3) is 1.78. The summed E-state index contributed by atoms with van der Waals surface area (Å²) in [5.74, 6) is 0. The van der Waals surface area contributed by atoms with Crippen LogP contribution in [0.25, 0.3) is 0 Å². The van der Waals surface area contributed by atoms with Gasteiger partial charge in [-0.15, -0.1) is 0 Å². The Labute approximate surface area is 77.6 Å². The number of rotatable bonds is 1. The van der Waals surface area contributed by atoms with Crippen molar-refractivity contribution >= 4 is 11.6 Å². The molecular weight excluding hydrogens is 170 g/mol. The molecule has 0 fully saturated rings. The zero-order chi connectivity index (χ0) is 9.14. The monoisotopic (exact) mass is 179 g/mol. The maximum absolute atomic E-state index is 8.49. The van der Waals surface area contributed by atoms with E-state index < -0.39 is 0 Å². The zero-order valence-electron chi connectivity index (χ0n) is 7.19. The van der Waals surface area contributed by atoms with Crippen molar-refractivity contribution in [3.8, 4) is 6.07 Å². The van der Waals surface area contributed by atoms with Crippen LogP contribution in [-0.2, 0) is 6.42 Å². The predicted molar refractivity (Wildman–Crippen MR) is 50.2 cm³/mol. The first-order valence-corrected chi connectivity index (χ1v) is 4.15.